The predicted molar refractivity (Wildman–Crippen MR) is 23.7 cm³/mol. The summed E-state index contributed by atoms with van der Waals surface area (Å²) in [4.78, 5) is 3.76. The Hall–Kier alpha value is -0.160. The van der Waals surface area contributed by atoms with Gasteiger partial charge in [0.25, 0.3) is 6.29 Å². The lowest BCUT2D eigenvalue weighted by Gasteiger charge is -2.17. The molecule has 0 aromatic rings. The minimum atomic E-state index is 0.135. The van der Waals surface area contributed by atoms with E-state index in [2.05, 4.69) is 4.89 Å². The summed E-state index contributed by atoms with van der Waals surface area (Å²) in [5.41, 5.74) is 0. The molecule has 47 valence electrons. The van der Waals surface area contributed by atoms with Crippen LogP contribution in [0.4, 0.5) is 0 Å². The van der Waals surface area contributed by atoms with Crippen LogP contribution in [0.3, 0.4) is 0 Å². The maximum Gasteiger partial charge on any atom is 0.284 e. The highest BCUT2D eigenvalue weighted by Gasteiger charge is 2.15. The van der Waals surface area contributed by atoms with E-state index in [1.165, 1.54) is 0 Å². The molecule has 1 rings (SSSR count). The molecule has 0 aliphatic carbocycles. The van der Waals surface area contributed by atoms with E-state index in [1.54, 1.807) is 0 Å². The van der Waals surface area contributed by atoms with E-state index in [9.17, 15) is 0 Å². The fraction of sp³-hybridized carbons (Fsp3) is 0.750. The van der Waals surface area contributed by atoms with Gasteiger partial charge in [-0.15, -0.1) is 0 Å². The molecule has 4 nitrogen and oxygen atoms in total. The van der Waals surface area contributed by atoms with Crippen LogP contribution in [0.1, 0.15) is 0 Å². The van der Waals surface area contributed by atoms with Crippen molar-refractivity contribution in [2.24, 2.45) is 0 Å². The number of hydrogen-bond acceptors (Lipinski definition) is 4. The van der Waals surface area contributed by atoms with E-state index in [0.717, 1.165) is 0 Å². The Kier molecular flexibility index (Phi) is 2.23. The van der Waals surface area contributed by atoms with Gasteiger partial charge in [-0.25, -0.2) is 5.26 Å². The molecule has 0 atom stereocenters. The minimum absolute atomic E-state index is 0.135. The van der Waals surface area contributed by atoms with Gasteiger partial charge in [0.05, 0.1) is 13.2 Å². The maximum atomic E-state index is 7.95. The van der Waals surface area contributed by atoms with Crippen LogP contribution in [0.2, 0.25) is 0 Å². The van der Waals surface area contributed by atoms with E-state index < -0.39 is 0 Å². The molecule has 1 N–H and O–H groups in total. The second kappa shape index (κ2) is 2.99. The van der Waals surface area contributed by atoms with Crippen molar-refractivity contribution < 1.29 is 19.6 Å². The number of rotatable bonds is 1. The topological polar surface area (TPSA) is 47.9 Å². The zero-order chi connectivity index (χ0) is 5.82. The van der Waals surface area contributed by atoms with Crippen molar-refractivity contribution in [2.75, 3.05) is 19.8 Å². The van der Waals surface area contributed by atoms with Crippen LogP contribution >= 0.6 is 0 Å². The third-order valence-corrected chi connectivity index (χ3v) is 0.812. The minimum Gasteiger partial charge on any atom is -0.373 e. The molecule has 1 aliphatic heterocycles. The van der Waals surface area contributed by atoms with E-state index in [1.807, 2.05) is 0 Å². The molecule has 1 fully saturated rings. The molecule has 1 aliphatic rings. The summed E-state index contributed by atoms with van der Waals surface area (Å²) in [6, 6.07) is 0. The third kappa shape index (κ3) is 1.41. The Labute approximate surface area is 46.9 Å². The first-order valence-electron chi connectivity index (χ1n) is 2.31. The van der Waals surface area contributed by atoms with Crippen molar-refractivity contribution in [2.45, 2.75) is 0 Å². The molecule has 0 amide bonds. The molecule has 1 heterocycles. The van der Waals surface area contributed by atoms with Gasteiger partial charge in [0.15, 0.2) is 0 Å². The van der Waals surface area contributed by atoms with E-state index in [-0.39, 0.29) is 12.9 Å². The highest BCUT2D eigenvalue weighted by Crippen LogP contribution is 2.07. The van der Waals surface area contributed by atoms with Crippen molar-refractivity contribution in [3.63, 3.8) is 0 Å². The highest BCUT2D eigenvalue weighted by molar-refractivity contribution is 4.64. The van der Waals surface area contributed by atoms with Gasteiger partial charge in [-0.05, 0) is 0 Å². The number of hydrogen-bond donors (Lipinski definition) is 1. The monoisotopic (exact) mass is 119 g/mol. The lowest BCUT2D eigenvalue weighted by atomic mass is 10.6. The largest absolute Gasteiger partial charge is 0.373 e. The van der Waals surface area contributed by atoms with Crippen LogP contribution in [0.25, 0.3) is 0 Å². The van der Waals surface area contributed by atoms with Crippen molar-refractivity contribution in [1.82, 2.24) is 0 Å². The van der Waals surface area contributed by atoms with Crippen molar-refractivity contribution >= 4 is 0 Å². The molecule has 1 radical (unpaired) electrons. The second-order valence-electron chi connectivity index (χ2n) is 1.36. The smallest absolute Gasteiger partial charge is 0.284 e. The van der Waals surface area contributed by atoms with E-state index >= 15 is 0 Å². The standard InChI is InChI=1S/C4H7O4/c5-8-4-3-6-1-2-7-4/h5H,1-3H2. The van der Waals surface area contributed by atoms with Gasteiger partial charge in [-0.1, -0.05) is 0 Å². The first-order valence-corrected chi connectivity index (χ1v) is 2.31. The van der Waals surface area contributed by atoms with Gasteiger partial charge in [-0.2, -0.15) is 4.89 Å². The Bertz CT molecular complexity index is 59.1. The summed E-state index contributed by atoms with van der Waals surface area (Å²) in [6.07, 6.45) is 0.135. The summed E-state index contributed by atoms with van der Waals surface area (Å²) < 4.78 is 9.57. The van der Waals surface area contributed by atoms with Gasteiger partial charge in [0.2, 0.25) is 0 Å². The van der Waals surface area contributed by atoms with Crippen LogP contribution in [0, 0.1) is 6.29 Å². The van der Waals surface area contributed by atoms with Crippen LogP contribution in [-0.2, 0) is 14.4 Å². The molecule has 0 saturated carbocycles. The zero-order valence-corrected chi connectivity index (χ0v) is 4.29. The van der Waals surface area contributed by atoms with Crippen molar-refractivity contribution in [3.8, 4) is 0 Å². The molecule has 0 aromatic carbocycles. The van der Waals surface area contributed by atoms with Crippen molar-refractivity contribution in [3.05, 3.63) is 6.29 Å². The fourth-order valence-electron chi connectivity index (χ4n) is 0.464. The Morgan fingerprint density at radius 2 is 2.38 bits per heavy atom. The molecule has 0 spiro atoms. The molecule has 0 bridgehead atoms. The highest BCUT2D eigenvalue weighted by atomic mass is 17.1. The first kappa shape index (κ1) is 5.97. The Balaban J connectivity index is 2.13. The normalized spacial score (nSPS) is 23.6. The summed E-state index contributed by atoms with van der Waals surface area (Å²) in [7, 11) is 0. The average Bonchev–Trinajstić information content (AvgIpc) is 1.90. The zero-order valence-electron chi connectivity index (χ0n) is 4.29. The van der Waals surface area contributed by atoms with Crippen LogP contribution < -0.4 is 0 Å². The SMILES string of the molecule is OO[C]1COCCO1. The average molecular weight is 119 g/mol. The van der Waals surface area contributed by atoms with Gasteiger partial charge < -0.3 is 9.47 Å². The Morgan fingerprint density at radius 3 is 2.75 bits per heavy atom. The van der Waals surface area contributed by atoms with Crippen LogP contribution in [0.5, 0.6) is 0 Å². The summed E-state index contributed by atoms with van der Waals surface area (Å²) in [5.74, 6) is 0. The fourth-order valence-corrected chi connectivity index (χ4v) is 0.464. The molecule has 8 heavy (non-hydrogen) atoms. The van der Waals surface area contributed by atoms with Gasteiger partial charge in [0.1, 0.15) is 6.61 Å². The predicted octanol–water partition coefficient (Wildman–Crippen LogP) is 0.0123. The second-order valence-corrected chi connectivity index (χ2v) is 1.36. The quantitative estimate of drug-likeness (QED) is 0.390. The molecule has 0 aromatic heterocycles. The maximum absolute atomic E-state index is 7.95. The molecule has 0 unspecified atom stereocenters. The van der Waals surface area contributed by atoms with Crippen LogP contribution in [-0.4, -0.2) is 25.1 Å². The molecular formula is C4H7O4. The summed E-state index contributed by atoms with van der Waals surface area (Å²) in [6.45, 7) is 1.25. The van der Waals surface area contributed by atoms with E-state index in [0.29, 0.717) is 13.2 Å². The van der Waals surface area contributed by atoms with Crippen molar-refractivity contribution in [1.29, 1.82) is 0 Å². The lowest BCUT2D eigenvalue weighted by molar-refractivity contribution is -0.307. The third-order valence-electron chi connectivity index (χ3n) is 0.812. The molecule has 1 saturated heterocycles. The van der Waals surface area contributed by atoms with E-state index in [4.69, 9.17) is 14.7 Å². The summed E-state index contributed by atoms with van der Waals surface area (Å²) >= 11 is 0. The first-order chi connectivity index (χ1) is 3.93. The number of ether oxygens (including phenoxy) is 2. The summed E-state index contributed by atoms with van der Waals surface area (Å²) in [5, 5.41) is 7.95. The molecule has 4 heteroatoms. The van der Waals surface area contributed by atoms with Gasteiger partial charge in [0, 0.05) is 0 Å². The lowest BCUT2D eigenvalue weighted by Crippen LogP contribution is -2.22. The Morgan fingerprint density at radius 1 is 1.50 bits per heavy atom. The molecular weight excluding hydrogens is 112 g/mol. The van der Waals surface area contributed by atoms with Gasteiger partial charge in [-0.3, -0.25) is 0 Å². The van der Waals surface area contributed by atoms with Crippen LogP contribution in [0.15, 0.2) is 0 Å². The van der Waals surface area contributed by atoms with Gasteiger partial charge >= 0.3 is 0 Å².